The van der Waals surface area contributed by atoms with Gasteiger partial charge < -0.3 is 0 Å². The SMILES string of the molecule is CC1=C(C)C(C)(C)C(=C(C#N)C#N)C1. The Morgan fingerprint density at radius 1 is 1.21 bits per heavy atom. The lowest BCUT2D eigenvalue weighted by Gasteiger charge is -2.22. The lowest BCUT2D eigenvalue weighted by Crippen LogP contribution is -2.12. The smallest absolute Gasteiger partial charge is 0.130 e. The summed E-state index contributed by atoms with van der Waals surface area (Å²) in [6, 6.07) is 3.96. The average molecular weight is 186 g/mol. The molecule has 0 aromatic carbocycles. The molecule has 2 heteroatoms. The molecule has 0 amide bonds. The van der Waals surface area contributed by atoms with E-state index in [0.717, 1.165) is 12.0 Å². The predicted octanol–water partition coefficient (Wildman–Crippen LogP) is 3.10. The van der Waals surface area contributed by atoms with E-state index in [0.29, 0.717) is 0 Å². The third-order valence-corrected chi connectivity index (χ3v) is 3.30. The molecule has 0 atom stereocenters. The molecular weight excluding hydrogens is 172 g/mol. The summed E-state index contributed by atoms with van der Waals surface area (Å²) >= 11 is 0. The molecule has 0 fully saturated rings. The van der Waals surface area contributed by atoms with Crippen LogP contribution in [0.15, 0.2) is 22.3 Å². The summed E-state index contributed by atoms with van der Waals surface area (Å²) in [7, 11) is 0. The molecule has 1 rings (SSSR count). The summed E-state index contributed by atoms with van der Waals surface area (Å²) in [4.78, 5) is 0. The van der Waals surface area contributed by atoms with Gasteiger partial charge in [-0.25, -0.2) is 0 Å². The van der Waals surface area contributed by atoms with E-state index in [-0.39, 0.29) is 11.0 Å². The second-order valence-electron chi connectivity index (χ2n) is 4.28. The van der Waals surface area contributed by atoms with Crippen molar-refractivity contribution in [2.75, 3.05) is 0 Å². The first-order valence-corrected chi connectivity index (χ1v) is 4.65. The van der Waals surface area contributed by atoms with Gasteiger partial charge in [0, 0.05) is 5.41 Å². The molecule has 0 bridgehead atoms. The van der Waals surface area contributed by atoms with Gasteiger partial charge in [0.05, 0.1) is 0 Å². The van der Waals surface area contributed by atoms with Crippen LogP contribution in [0, 0.1) is 28.1 Å². The van der Waals surface area contributed by atoms with E-state index < -0.39 is 0 Å². The molecule has 1 aliphatic rings. The molecular formula is C12H14N2. The van der Waals surface area contributed by atoms with Crippen LogP contribution in [-0.4, -0.2) is 0 Å². The molecule has 0 N–H and O–H groups in total. The Labute approximate surface area is 85.2 Å². The third-order valence-electron chi connectivity index (χ3n) is 3.30. The quantitative estimate of drug-likeness (QED) is 0.431. The summed E-state index contributed by atoms with van der Waals surface area (Å²) in [5.74, 6) is 0. The highest BCUT2D eigenvalue weighted by Gasteiger charge is 2.34. The van der Waals surface area contributed by atoms with Crippen molar-refractivity contribution >= 4 is 0 Å². The zero-order valence-corrected chi connectivity index (χ0v) is 9.10. The van der Waals surface area contributed by atoms with Crippen molar-refractivity contribution in [3.63, 3.8) is 0 Å². The van der Waals surface area contributed by atoms with Gasteiger partial charge in [0.15, 0.2) is 0 Å². The summed E-state index contributed by atoms with van der Waals surface area (Å²) in [5, 5.41) is 17.7. The molecule has 0 saturated carbocycles. The number of hydrogen-bond donors (Lipinski definition) is 0. The van der Waals surface area contributed by atoms with Crippen molar-refractivity contribution < 1.29 is 0 Å². The summed E-state index contributed by atoms with van der Waals surface area (Å²) in [5.41, 5.74) is 3.71. The minimum atomic E-state index is -0.120. The third kappa shape index (κ3) is 1.34. The first kappa shape index (κ1) is 10.5. The Hall–Kier alpha value is -1.54. The Bertz CT molecular complexity index is 393. The van der Waals surface area contributed by atoms with Crippen molar-refractivity contribution in [2.45, 2.75) is 34.1 Å². The van der Waals surface area contributed by atoms with Crippen LogP contribution in [0.2, 0.25) is 0 Å². The first-order valence-electron chi connectivity index (χ1n) is 4.65. The van der Waals surface area contributed by atoms with Gasteiger partial charge in [-0.2, -0.15) is 10.5 Å². The first-order chi connectivity index (χ1) is 6.45. The number of nitrogens with zero attached hydrogens (tertiary/aromatic N) is 2. The van der Waals surface area contributed by atoms with E-state index in [1.807, 2.05) is 12.1 Å². The molecule has 0 spiro atoms. The lowest BCUT2D eigenvalue weighted by atomic mass is 9.80. The molecule has 1 aliphatic carbocycles. The maximum absolute atomic E-state index is 8.84. The lowest BCUT2D eigenvalue weighted by molar-refractivity contribution is 0.552. The topological polar surface area (TPSA) is 47.6 Å². The largest absolute Gasteiger partial charge is 0.192 e. The van der Waals surface area contributed by atoms with Crippen molar-refractivity contribution in [1.29, 1.82) is 10.5 Å². The second-order valence-corrected chi connectivity index (χ2v) is 4.28. The van der Waals surface area contributed by atoms with E-state index in [9.17, 15) is 0 Å². The van der Waals surface area contributed by atoms with E-state index in [4.69, 9.17) is 10.5 Å². The maximum Gasteiger partial charge on any atom is 0.130 e. The molecule has 14 heavy (non-hydrogen) atoms. The number of allylic oxidation sites excluding steroid dienone is 4. The van der Waals surface area contributed by atoms with Gasteiger partial charge in [-0.05, 0) is 25.8 Å². The van der Waals surface area contributed by atoms with Crippen molar-refractivity contribution in [3.8, 4) is 12.1 Å². The van der Waals surface area contributed by atoms with Gasteiger partial charge >= 0.3 is 0 Å². The Morgan fingerprint density at radius 2 is 1.71 bits per heavy atom. The van der Waals surface area contributed by atoms with Crippen molar-refractivity contribution in [3.05, 3.63) is 22.3 Å². The van der Waals surface area contributed by atoms with Crippen molar-refractivity contribution in [2.24, 2.45) is 5.41 Å². The number of hydrogen-bond acceptors (Lipinski definition) is 2. The van der Waals surface area contributed by atoms with Crippen LogP contribution in [0.4, 0.5) is 0 Å². The minimum absolute atomic E-state index is 0.120. The molecule has 0 unspecified atom stereocenters. The van der Waals surface area contributed by atoms with Crippen LogP contribution in [0.5, 0.6) is 0 Å². The van der Waals surface area contributed by atoms with Crippen LogP contribution < -0.4 is 0 Å². The van der Waals surface area contributed by atoms with E-state index in [2.05, 4.69) is 27.7 Å². The van der Waals surface area contributed by atoms with Crippen LogP contribution in [0.25, 0.3) is 0 Å². The summed E-state index contributed by atoms with van der Waals surface area (Å²) < 4.78 is 0. The van der Waals surface area contributed by atoms with Crippen LogP contribution in [-0.2, 0) is 0 Å². The average Bonchev–Trinajstić information content (AvgIpc) is 2.33. The second kappa shape index (κ2) is 3.31. The zero-order chi connectivity index (χ0) is 10.9. The van der Waals surface area contributed by atoms with Crippen LogP contribution in [0.3, 0.4) is 0 Å². The molecule has 0 radical (unpaired) electrons. The predicted molar refractivity (Wildman–Crippen MR) is 55.0 cm³/mol. The zero-order valence-electron chi connectivity index (χ0n) is 9.10. The highest BCUT2D eigenvalue weighted by Crippen LogP contribution is 2.47. The fourth-order valence-electron chi connectivity index (χ4n) is 1.94. The Morgan fingerprint density at radius 3 is 2.00 bits per heavy atom. The van der Waals surface area contributed by atoms with E-state index in [1.54, 1.807) is 0 Å². The van der Waals surface area contributed by atoms with Gasteiger partial charge in [-0.1, -0.05) is 25.0 Å². The van der Waals surface area contributed by atoms with Crippen LogP contribution in [0.1, 0.15) is 34.1 Å². The summed E-state index contributed by atoms with van der Waals surface area (Å²) in [6.45, 7) is 8.29. The maximum atomic E-state index is 8.84. The van der Waals surface area contributed by atoms with Gasteiger partial charge in [0.2, 0.25) is 0 Å². The Kier molecular flexibility index (Phi) is 2.49. The molecule has 0 saturated heterocycles. The van der Waals surface area contributed by atoms with Gasteiger partial charge in [0.25, 0.3) is 0 Å². The summed E-state index contributed by atoms with van der Waals surface area (Å²) in [6.07, 6.45) is 0.773. The molecule has 0 aromatic rings. The highest BCUT2D eigenvalue weighted by molar-refractivity contribution is 5.51. The standard InChI is InChI=1S/C12H14N2/c1-8-5-11(10(6-13)7-14)12(3,4)9(8)2/h5H2,1-4H3. The van der Waals surface area contributed by atoms with Gasteiger partial charge in [-0.15, -0.1) is 0 Å². The van der Waals surface area contributed by atoms with E-state index in [1.165, 1.54) is 11.1 Å². The Balaban J connectivity index is 3.33. The fourth-order valence-corrected chi connectivity index (χ4v) is 1.94. The molecule has 0 aliphatic heterocycles. The number of nitriles is 2. The molecule has 0 aromatic heterocycles. The van der Waals surface area contributed by atoms with Crippen LogP contribution >= 0.6 is 0 Å². The molecule has 72 valence electrons. The van der Waals surface area contributed by atoms with Crippen molar-refractivity contribution in [1.82, 2.24) is 0 Å². The normalized spacial score (nSPS) is 19.1. The fraction of sp³-hybridized carbons (Fsp3) is 0.500. The molecule has 2 nitrogen and oxygen atoms in total. The minimum Gasteiger partial charge on any atom is -0.192 e. The van der Waals surface area contributed by atoms with Gasteiger partial charge in [-0.3, -0.25) is 0 Å². The molecule has 0 heterocycles. The monoisotopic (exact) mass is 186 g/mol. The van der Waals surface area contributed by atoms with Gasteiger partial charge in [0.1, 0.15) is 17.7 Å². The highest BCUT2D eigenvalue weighted by atomic mass is 14.4. The van der Waals surface area contributed by atoms with E-state index >= 15 is 0 Å². The number of rotatable bonds is 0.